The summed E-state index contributed by atoms with van der Waals surface area (Å²) in [6, 6.07) is 16.4. The molecule has 0 heterocycles. The molecule has 3 rings (SSSR count). The van der Waals surface area contributed by atoms with Gasteiger partial charge in [0, 0.05) is 5.71 Å². The monoisotopic (exact) mass is 251 g/mol. The number of rotatable bonds is 2. The molecule has 0 unspecified atom stereocenters. The molecule has 0 aliphatic heterocycles. The Hall–Kier alpha value is -2.09. The zero-order chi connectivity index (χ0) is 13.1. The fraction of sp³-hybridized carbons (Fsp3) is 0.235. The van der Waals surface area contributed by atoms with Gasteiger partial charge in [-0.05, 0) is 60.7 Å². The molecular formula is C17H17NO. The molecule has 0 N–H and O–H groups in total. The fourth-order valence-electron chi connectivity index (χ4n) is 2.54. The number of aryl methyl sites for hydroxylation is 1. The van der Waals surface area contributed by atoms with E-state index in [2.05, 4.69) is 12.1 Å². The van der Waals surface area contributed by atoms with Crippen LogP contribution in [0, 0.1) is 0 Å². The van der Waals surface area contributed by atoms with E-state index in [1.165, 1.54) is 16.8 Å². The average molecular weight is 251 g/mol. The number of hydrogen-bond acceptors (Lipinski definition) is 2. The lowest BCUT2D eigenvalue weighted by atomic mass is 9.90. The van der Waals surface area contributed by atoms with Crippen molar-refractivity contribution in [1.29, 1.82) is 0 Å². The molecule has 2 aromatic rings. The highest BCUT2D eigenvalue weighted by molar-refractivity contribution is 6.04. The zero-order valence-corrected chi connectivity index (χ0v) is 11.1. The summed E-state index contributed by atoms with van der Waals surface area (Å²) in [5.74, 6) is 0.930. The minimum absolute atomic E-state index is 0.930. The predicted molar refractivity (Wildman–Crippen MR) is 78.6 cm³/mol. The second kappa shape index (κ2) is 5.27. The van der Waals surface area contributed by atoms with Crippen LogP contribution >= 0.6 is 0 Å². The lowest BCUT2D eigenvalue weighted by molar-refractivity contribution is 0.414. The van der Waals surface area contributed by atoms with Crippen LogP contribution in [0.3, 0.4) is 0 Å². The molecule has 0 saturated heterocycles. The smallest absolute Gasteiger partial charge is 0.119 e. The lowest BCUT2D eigenvalue weighted by Crippen LogP contribution is -2.11. The minimum atomic E-state index is 0.930. The molecule has 0 amide bonds. The lowest BCUT2D eigenvalue weighted by Gasteiger charge is -2.18. The Morgan fingerprint density at radius 3 is 2.63 bits per heavy atom. The second-order valence-corrected chi connectivity index (χ2v) is 4.77. The third-order valence-electron chi connectivity index (χ3n) is 3.50. The van der Waals surface area contributed by atoms with Crippen LogP contribution in [0.2, 0.25) is 0 Å². The van der Waals surface area contributed by atoms with E-state index in [9.17, 15) is 0 Å². The van der Waals surface area contributed by atoms with Crippen LogP contribution in [0.1, 0.15) is 24.0 Å². The van der Waals surface area contributed by atoms with Gasteiger partial charge in [-0.15, -0.1) is 0 Å². The van der Waals surface area contributed by atoms with Gasteiger partial charge < -0.3 is 4.74 Å². The van der Waals surface area contributed by atoms with E-state index in [1.807, 2.05) is 36.4 Å². The van der Waals surface area contributed by atoms with Crippen molar-refractivity contribution >= 4 is 11.4 Å². The summed E-state index contributed by atoms with van der Waals surface area (Å²) in [5.41, 5.74) is 4.84. The number of nitrogens with zero attached hydrogens (tertiary/aromatic N) is 1. The number of methoxy groups -OCH3 is 1. The van der Waals surface area contributed by atoms with Crippen LogP contribution in [0.15, 0.2) is 53.5 Å². The van der Waals surface area contributed by atoms with Crippen LogP contribution < -0.4 is 4.74 Å². The van der Waals surface area contributed by atoms with Crippen molar-refractivity contribution in [3.8, 4) is 5.75 Å². The molecule has 2 heteroatoms. The number of ether oxygens (including phenoxy) is 1. The first-order valence-corrected chi connectivity index (χ1v) is 6.67. The molecule has 1 aliphatic carbocycles. The van der Waals surface area contributed by atoms with E-state index < -0.39 is 0 Å². The highest BCUT2D eigenvalue weighted by Gasteiger charge is 2.16. The molecule has 0 fully saturated rings. The number of aliphatic imine (C=N–C) groups is 1. The first-order chi connectivity index (χ1) is 9.36. The Morgan fingerprint density at radius 1 is 1.00 bits per heavy atom. The third-order valence-corrected chi connectivity index (χ3v) is 3.50. The maximum atomic E-state index is 5.29. The molecule has 0 bridgehead atoms. The van der Waals surface area contributed by atoms with Crippen LogP contribution in [0.25, 0.3) is 0 Å². The van der Waals surface area contributed by atoms with E-state index in [1.54, 1.807) is 7.11 Å². The van der Waals surface area contributed by atoms with Crippen molar-refractivity contribution < 1.29 is 4.74 Å². The van der Waals surface area contributed by atoms with Crippen LogP contribution in [0.5, 0.6) is 5.75 Å². The highest BCUT2D eigenvalue weighted by Crippen LogP contribution is 2.27. The van der Waals surface area contributed by atoms with E-state index >= 15 is 0 Å². The number of fused-ring (bicyclic) bond motifs is 1. The maximum absolute atomic E-state index is 5.29. The van der Waals surface area contributed by atoms with Crippen molar-refractivity contribution in [2.24, 2.45) is 4.99 Å². The highest BCUT2D eigenvalue weighted by atomic mass is 16.5. The van der Waals surface area contributed by atoms with Gasteiger partial charge in [-0.1, -0.05) is 18.2 Å². The Morgan fingerprint density at radius 2 is 1.84 bits per heavy atom. The molecule has 0 spiro atoms. The standard InChI is InChI=1S/C17H17NO/c1-19-15-10-11-16-13(12-15)6-5-9-17(16)18-14-7-3-2-4-8-14/h2-4,7-8,10-12H,5-6,9H2,1H3. The second-order valence-electron chi connectivity index (χ2n) is 4.77. The Balaban J connectivity index is 2.01. The molecule has 19 heavy (non-hydrogen) atoms. The first-order valence-electron chi connectivity index (χ1n) is 6.67. The predicted octanol–water partition coefficient (Wildman–Crippen LogP) is 4.15. The van der Waals surface area contributed by atoms with Crippen LogP contribution in [-0.4, -0.2) is 12.8 Å². The normalized spacial score (nSPS) is 16.2. The number of benzene rings is 2. The van der Waals surface area contributed by atoms with Crippen molar-refractivity contribution in [3.63, 3.8) is 0 Å². The van der Waals surface area contributed by atoms with Gasteiger partial charge in [0.1, 0.15) is 5.75 Å². The molecule has 0 radical (unpaired) electrons. The van der Waals surface area contributed by atoms with E-state index in [0.717, 1.165) is 30.7 Å². The first kappa shape index (κ1) is 12.0. The molecule has 0 aromatic heterocycles. The quantitative estimate of drug-likeness (QED) is 0.785. The third kappa shape index (κ3) is 2.53. The minimum Gasteiger partial charge on any atom is -0.497 e. The zero-order valence-electron chi connectivity index (χ0n) is 11.1. The molecule has 1 aliphatic rings. The molecular weight excluding hydrogens is 234 g/mol. The Bertz CT molecular complexity index is 602. The summed E-state index contributed by atoms with van der Waals surface area (Å²) < 4.78 is 5.29. The van der Waals surface area contributed by atoms with E-state index in [4.69, 9.17) is 9.73 Å². The maximum Gasteiger partial charge on any atom is 0.119 e. The van der Waals surface area contributed by atoms with Gasteiger partial charge >= 0.3 is 0 Å². The Labute approximate surface area is 113 Å². The van der Waals surface area contributed by atoms with Crippen LogP contribution in [-0.2, 0) is 6.42 Å². The van der Waals surface area contributed by atoms with Crippen LogP contribution in [0.4, 0.5) is 5.69 Å². The van der Waals surface area contributed by atoms with Gasteiger partial charge in [-0.2, -0.15) is 0 Å². The van der Waals surface area contributed by atoms with E-state index in [0.29, 0.717) is 0 Å². The molecule has 0 saturated carbocycles. The topological polar surface area (TPSA) is 21.6 Å². The SMILES string of the molecule is COc1ccc2c(c1)CCCC2=Nc1ccccc1. The number of hydrogen-bond donors (Lipinski definition) is 0. The molecule has 0 atom stereocenters. The van der Waals surface area contributed by atoms with E-state index in [-0.39, 0.29) is 0 Å². The van der Waals surface area contributed by atoms with Gasteiger partial charge in [0.05, 0.1) is 12.8 Å². The summed E-state index contributed by atoms with van der Waals surface area (Å²) in [6.45, 7) is 0. The fourth-order valence-corrected chi connectivity index (χ4v) is 2.54. The summed E-state index contributed by atoms with van der Waals surface area (Å²) in [7, 11) is 1.71. The molecule has 96 valence electrons. The van der Waals surface area contributed by atoms with Gasteiger partial charge in [0.25, 0.3) is 0 Å². The average Bonchev–Trinajstić information content (AvgIpc) is 2.48. The number of para-hydroxylation sites is 1. The van der Waals surface area contributed by atoms with Gasteiger partial charge in [0.15, 0.2) is 0 Å². The van der Waals surface area contributed by atoms with Gasteiger partial charge in [-0.3, -0.25) is 4.99 Å². The summed E-state index contributed by atoms with van der Waals surface area (Å²) >= 11 is 0. The van der Waals surface area contributed by atoms with Crippen molar-refractivity contribution in [3.05, 3.63) is 59.7 Å². The van der Waals surface area contributed by atoms with Crippen molar-refractivity contribution in [1.82, 2.24) is 0 Å². The van der Waals surface area contributed by atoms with Crippen molar-refractivity contribution in [2.75, 3.05) is 7.11 Å². The summed E-state index contributed by atoms with van der Waals surface area (Å²) in [5, 5.41) is 0. The largest absolute Gasteiger partial charge is 0.497 e. The van der Waals surface area contributed by atoms with Crippen molar-refractivity contribution in [2.45, 2.75) is 19.3 Å². The molecule has 2 nitrogen and oxygen atoms in total. The van der Waals surface area contributed by atoms with Gasteiger partial charge in [0.2, 0.25) is 0 Å². The Kier molecular flexibility index (Phi) is 3.32. The summed E-state index contributed by atoms with van der Waals surface area (Å²) in [6.07, 6.45) is 3.32. The summed E-state index contributed by atoms with van der Waals surface area (Å²) in [4.78, 5) is 4.79. The molecule has 2 aromatic carbocycles. The van der Waals surface area contributed by atoms with Gasteiger partial charge in [-0.25, -0.2) is 0 Å².